The number of nitrogens with zero attached hydrogens (tertiary/aromatic N) is 3. The standard InChI is InChI=1S/C30H25N3O4/c1-20(33-28(34)25-10-5-6-11-26(25)29(33)35)16-21-17-23-12-14-32(27(23)24(18-21)19-31)13-7-15-37-30(36)22-8-3-2-4-9-22/h2-6,8-12,14,17-18,20H,7,13,15-16H2,1H3. The number of carbonyl (C=O) groups is 3. The fraction of sp³-hybridized carbons (Fsp3) is 0.200. The maximum absolute atomic E-state index is 12.8. The third kappa shape index (κ3) is 4.62. The predicted molar refractivity (Wildman–Crippen MR) is 138 cm³/mol. The van der Waals surface area contributed by atoms with Crippen LogP contribution in [0.5, 0.6) is 0 Å². The van der Waals surface area contributed by atoms with Crippen molar-refractivity contribution in [1.82, 2.24) is 9.47 Å². The van der Waals surface area contributed by atoms with E-state index in [-0.39, 0.29) is 30.4 Å². The summed E-state index contributed by atoms with van der Waals surface area (Å²) in [6.07, 6.45) is 2.96. The number of ether oxygens (including phenoxy) is 1. The van der Waals surface area contributed by atoms with E-state index in [1.807, 2.05) is 42.0 Å². The summed E-state index contributed by atoms with van der Waals surface area (Å²) in [4.78, 5) is 39.1. The second-order valence-electron chi connectivity index (χ2n) is 9.14. The van der Waals surface area contributed by atoms with Crippen molar-refractivity contribution in [3.8, 4) is 6.07 Å². The van der Waals surface area contributed by atoms with Crippen molar-refractivity contribution in [2.75, 3.05) is 6.61 Å². The highest BCUT2D eigenvalue weighted by atomic mass is 16.5. The van der Waals surface area contributed by atoms with Crippen LogP contribution in [0.25, 0.3) is 10.9 Å². The van der Waals surface area contributed by atoms with Gasteiger partial charge in [0.1, 0.15) is 6.07 Å². The number of imide groups is 1. The molecule has 0 radical (unpaired) electrons. The van der Waals surface area contributed by atoms with Gasteiger partial charge in [-0.3, -0.25) is 14.5 Å². The quantitative estimate of drug-likeness (QED) is 0.197. The SMILES string of the molecule is CC(Cc1cc(C#N)c2c(ccn2CCCOC(=O)c2ccccc2)c1)N1C(=O)c2ccccc2C1=O. The molecule has 0 spiro atoms. The summed E-state index contributed by atoms with van der Waals surface area (Å²) in [5.41, 5.74) is 3.59. The summed E-state index contributed by atoms with van der Waals surface area (Å²) in [5, 5.41) is 10.8. The fourth-order valence-electron chi connectivity index (χ4n) is 4.90. The minimum Gasteiger partial charge on any atom is -0.462 e. The van der Waals surface area contributed by atoms with E-state index < -0.39 is 0 Å². The first kappa shape index (κ1) is 24.0. The number of benzene rings is 3. The molecule has 1 aromatic heterocycles. The van der Waals surface area contributed by atoms with Gasteiger partial charge in [0.15, 0.2) is 0 Å². The number of fused-ring (bicyclic) bond motifs is 2. The molecule has 0 N–H and O–H groups in total. The van der Waals surface area contributed by atoms with Gasteiger partial charge in [0.2, 0.25) is 0 Å². The van der Waals surface area contributed by atoms with Crippen LogP contribution in [-0.4, -0.2) is 39.9 Å². The van der Waals surface area contributed by atoms with E-state index in [0.717, 1.165) is 16.5 Å². The zero-order valence-corrected chi connectivity index (χ0v) is 20.4. The highest BCUT2D eigenvalue weighted by Gasteiger charge is 2.38. The molecule has 4 aromatic rings. The number of nitriles is 1. The number of hydrogen-bond acceptors (Lipinski definition) is 5. The van der Waals surface area contributed by atoms with Crippen LogP contribution in [0.1, 0.15) is 55.5 Å². The van der Waals surface area contributed by atoms with Gasteiger partial charge in [-0.15, -0.1) is 0 Å². The minimum atomic E-state index is -0.363. The Labute approximate surface area is 214 Å². The van der Waals surface area contributed by atoms with Crippen molar-refractivity contribution in [2.24, 2.45) is 0 Å². The Hall–Kier alpha value is -4.70. The molecule has 1 atom stereocenters. The molecular formula is C30H25N3O4. The molecule has 3 aromatic carbocycles. The lowest BCUT2D eigenvalue weighted by atomic mass is 10.0. The second kappa shape index (κ2) is 10.1. The summed E-state index contributed by atoms with van der Waals surface area (Å²) in [7, 11) is 0. The molecule has 1 aliphatic rings. The molecule has 7 heteroatoms. The third-order valence-corrected chi connectivity index (χ3v) is 6.62. The highest BCUT2D eigenvalue weighted by Crippen LogP contribution is 2.28. The molecule has 37 heavy (non-hydrogen) atoms. The number of aryl methyl sites for hydroxylation is 1. The van der Waals surface area contributed by atoms with E-state index in [1.165, 1.54) is 4.90 Å². The zero-order valence-electron chi connectivity index (χ0n) is 20.4. The largest absolute Gasteiger partial charge is 0.462 e. The molecule has 1 aliphatic heterocycles. The Balaban J connectivity index is 1.27. The van der Waals surface area contributed by atoms with Crippen LogP contribution in [-0.2, 0) is 17.7 Å². The van der Waals surface area contributed by atoms with Crippen LogP contribution in [0.2, 0.25) is 0 Å². The highest BCUT2D eigenvalue weighted by molar-refractivity contribution is 6.21. The Morgan fingerprint density at radius 3 is 2.32 bits per heavy atom. The monoisotopic (exact) mass is 491 g/mol. The van der Waals surface area contributed by atoms with Crippen LogP contribution in [0.3, 0.4) is 0 Å². The van der Waals surface area contributed by atoms with E-state index in [4.69, 9.17) is 4.74 Å². The Morgan fingerprint density at radius 2 is 1.65 bits per heavy atom. The molecule has 0 fully saturated rings. The maximum atomic E-state index is 12.8. The number of carbonyl (C=O) groups excluding carboxylic acids is 3. The van der Waals surface area contributed by atoms with E-state index in [9.17, 15) is 19.6 Å². The van der Waals surface area contributed by atoms with Gasteiger partial charge in [-0.25, -0.2) is 4.79 Å². The van der Waals surface area contributed by atoms with Crippen LogP contribution >= 0.6 is 0 Å². The molecule has 0 saturated heterocycles. The fourth-order valence-corrected chi connectivity index (χ4v) is 4.90. The van der Waals surface area contributed by atoms with E-state index in [2.05, 4.69) is 6.07 Å². The normalized spacial score (nSPS) is 13.5. The Bertz CT molecular complexity index is 1510. The molecule has 2 heterocycles. The summed E-state index contributed by atoms with van der Waals surface area (Å²) in [5.74, 6) is -0.921. The van der Waals surface area contributed by atoms with E-state index in [1.54, 1.807) is 48.5 Å². The molecule has 0 bridgehead atoms. The molecule has 7 nitrogen and oxygen atoms in total. The van der Waals surface area contributed by atoms with Crippen LogP contribution in [0.15, 0.2) is 79.0 Å². The molecule has 0 saturated carbocycles. The van der Waals surface area contributed by atoms with Gasteiger partial charge in [-0.05, 0) is 67.8 Å². The zero-order chi connectivity index (χ0) is 25.9. The van der Waals surface area contributed by atoms with Crippen LogP contribution < -0.4 is 0 Å². The van der Waals surface area contributed by atoms with Crippen molar-refractivity contribution < 1.29 is 19.1 Å². The number of rotatable bonds is 8. The lowest BCUT2D eigenvalue weighted by Gasteiger charge is -2.22. The lowest BCUT2D eigenvalue weighted by molar-refractivity contribution is 0.0495. The van der Waals surface area contributed by atoms with E-state index >= 15 is 0 Å². The minimum absolute atomic E-state index is 0.269. The average Bonchev–Trinajstić information content (AvgIpc) is 3.44. The third-order valence-electron chi connectivity index (χ3n) is 6.62. The molecular weight excluding hydrogens is 466 g/mol. The summed E-state index contributed by atoms with van der Waals surface area (Å²) < 4.78 is 7.36. The first-order chi connectivity index (χ1) is 18.0. The lowest BCUT2D eigenvalue weighted by Crippen LogP contribution is -2.39. The first-order valence-electron chi connectivity index (χ1n) is 12.2. The number of amides is 2. The van der Waals surface area contributed by atoms with E-state index in [0.29, 0.717) is 41.6 Å². The predicted octanol–water partition coefficient (Wildman–Crippen LogP) is 4.99. The molecule has 1 unspecified atom stereocenters. The average molecular weight is 492 g/mol. The number of aromatic nitrogens is 1. The van der Waals surface area contributed by atoms with Crippen LogP contribution in [0, 0.1) is 11.3 Å². The molecule has 184 valence electrons. The van der Waals surface area contributed by atoms with Gasteiger partial charge < -0.3 is 9.30 Å². The number of esters is 1. The number of hydrogen-bond donors (Lipinski definition) is 0. The van der Waals surface area contributed by atoms with Crippen molar-refractivity contribution in [1.29, 1.82) is 5.26 Å². The van der Waals surface area contributed by atoms with Crippen molar-refractivity contribution in [3.05, 3.63) is 107 Å². The van der Waals surface area contributed by atoms with Crippen LogP contribution in [0.4, 0.5) is 0 Å². The van der Waals surface area contributed by atoms with Gasteiger partial charge in [0.25, 0.3) is 11.8 Å². The van der Waals surface area contributed by atoms with Crippen molar-refractivity contribution in [2.45, 2.75) is 32.4 Å². The van der Waals surface area contributed by atoms with Gasteiger partial charge in [-0.2, -0.15) is 5.26 Å². The Morgan fingerprint density at radius 1 is 0.973 bits per heavy atom. The maximum Gasteiger partial charge on any atom is 0.338 e. The smallest absolute Gasteiger partial charge is 0.338 e. The van der Waals surface area contributed by atoms with Gasteiger partial charge >= 0.3 is 5.97 Å². The molecule has 5 rings (SSSR count). The van der Waals surface area contributed by atoms with Gasteiger partial charge in [-0.1, -0.05) is 30.3 Å². The molecule has 0 aliphatic carbocycles. The topological polar surface area (TPSA) is 92.4 Å². The van der Waals surface area contributed by atoms with Crippen molar-refractivity contribution >= 4 is 28.7 Å². The first-order valence-corrected chi connectivity index (χ1v) is 12.2. The Kier molecular flexibility index (Phi) is 6.57. The summed E-state index contributed by atoms with van der Waals surface area (Å²) >= 11 is 0. The summed E-state index contributed by atoms with van der Waals surface area (Å²) in [6, 6.07) is 23.4. The van der Waals surface area contributed by atoms with Crippen molar-refractivity contribution in [3.63, 3.8) is 0 Å². The van der Waals surface area contributed by atoms with Gasteiger partial charge in [0, 0.05) is 24.2 Å². The molecule has 2 amide bonds. The second-order valence-corrected chi connectivity index (χ2v) is 9.14. The summed E-state index contributed by atoms with van der Waals surface area (Å²) in [6.45, 7) is 2.70. The van der Waals surface area contributed by atoms with Gasteiger partial charge in [0.05, 0.1) is 34.4 Å².